The molecule has 102 valence electrons. The average molecular weight is 272 g/mol. The summed E-state index contributed by atoms with van der Waals surface area (Å²) in [7, 11) is 0. The molecule has 1 aromatic heterocycles. The lowest BCUT2D eigenvalue weighted by Gasteiger charge is -2.09. The summed E-state index contributed by atoms with van der Waals surface area (Å²) in [6, 6.07) is 5.39. The normalized spacial score (nSPS) is 10.1. The van der Waals surface area contributed by atoms with Crippen LogP contribution in [0.1, 0.15) is 15.9 Å². The van der Waals surface area contributed by atoms with Crippen molar-refractivity contribution in [3.63, 3.8) is 0 Å². The molecule has 2 rings (SSSR count). The Morgan fingerprint density at radius 1 is 1.40 bits per heavy atom. The van der Waals surface area contributed by atoms with Gasteiger partial charge in [0.1, 0.15) is 0 Å². The van der Waals surface area contributed by atoms with E-state index in [1.165, 1.54) is 12.1 Å². The summed E-state index contributed by atoms with van der Waals surface area (Å²) < 4.78 is 0. The number of hydrogen-bond donors (Lipinski definition) is 2. The number of nitrogens with one attached hydrogen (secondary N) is 1. The molecular weight excluding hydrogens is 260 g/mol. The lowest BCUT2D eigenvalue weighted by Crippen LogP contribution is -2.15. The molecular formula is C13H12N4O3. The van der Waals surface area contributed by atoms with E-state index in [1.54, 1.807) is 25.4 Å². The fourth-order valence-electron chi connectivity index (χ4n) is 1.66. The van der Waals surface area contributed by atoms with Crippen molar-refractivity contribution in [3.05, 3.63) is 57.9 Å². The first-order chi connectivity index (χ1) is 9.49. The quantitative estimate of drug-likeness (QED) is 0.505. The third-order valence-electron chi connectivity index (χ3n) is 2.76. The number of carbonyl (C=O) groups is 1. The van der Waals surface area contributed by atoms with Gasteiger partial charge in [-0.05, 0) is 24.6 Å². The van der Waals surface area contributed by atoms with Crippen LogP contribution in [0.25, 0.3) is 0 Å². The monoisotopic (exact) mass is 272 g/mol. The molecule has 0 aliphatic rings. The van der Waals surface area contributed by atoms with Crippen LogP contribution in [0.2, 0.25) is 0 Å². The van der Waals surface area contributed by atoms with Gasteiger partial charge in [0.25, 0.3) is 11.6 Å². The van der Waals surface area contributed by atoms with Crippen molar-refractivity contribution in [1.82, 2.24) is 4.98 Å². The Morgan fingerprint density at radius 3 is 2.80 bits per heavy atom. The number of nitrogens with two attached hydrogens (primary N) is 1. The van der Waals surface area contributed by atoms with Crippen LogP contribution >= 0.6 is 0 Å². The van der Waals surface area contributed by atoms with E-state index in [0.29, 0.717) is 5.69 Å². The van der Waals surface area contributed by atoms with Gasteiger partial charge in [-0.25, -0.2) is 0 Å². The molecule has 1 heterocycles. The number of non-ortho nitro benzene ring substituents is 1. The second kappa shape index (κ2) is 5.35. The highest BCUT2D eigenvalue weighted by atomic mass is 16.6. The van der Waals surface area contributed by atoms with Crippen molar-refractivity contribution >= 4 is 23.0 Å². The van der Waals surface area contributed by atoms with Crippen molar-refractivity contribution in [3.8, 4) is 0 Å². The van der Waals surface area contributed by atoms with E-state index in [0.717, 1.165) is 11.6 Å². The molecule has 0 unspecified atom stereocenters. The summed E-state index contributed by atoms with van der Waals surface area (Å²) in [5, 5.41) is 13.4. The van der Waals surface area contributed by atoms with Crippen LogP contribution in [-0.4, -0.2) is 15.8 Å². The summed E-state index contributed by atoms with van der Waals surface area (Å²) >= 11 is 0. The molecule has 1 amide bonds. The highest BCUT2D eigenvalue weighted by Gasteiger charge is 2.15. The van der Waals surface area contributed by atoms with Gasteiger partial charge in [-0.2, -0.15) is 0 Å². The minimum atomic E-state index is -0.575. The molecule has 0 radical (unpaired) electrons. The maximum Gasteiger partial charge on any atom is 0.270 e. The van der Waals surface area contributed by atoms with Crippen LogP contribution in [0, 0.1) is 17.0 Å². The standard InChI is InChI=1S/C13H12N4O3/c1-8-7-15-5-4-12(8)16-13(18)10-6-9(17(19)20)2-3-11(10)14/h2-7H,14H2,1H3,(H,15,16,18). The molecule has 7 nitrogen and oxygen atoms in total. The highest BCUT2D eigenvalue weighted by Crippen LogP contribution is 2.21. The summed E-state index contributed by atoms with van der Waals surface area (Å²) in [5.41, 5.74) is 7.11. The third kappa shape index (κ3) is 2.72. The van der Waals surface area contributed by atoms with E-state index in [9.17, 15) is 14.9 Å². The second-order valence-corrected chi connectivity index (χ2v) is 4.17. The van der Waals surface area contributed by atoms with Gasteiger partial charge < -0.3 is 11.1 Å². The number of nitro benzene ring substituents is 1. The van der Waals surface area contributed by atoms with Crippen LogP contribution in [0.5, 0.6) is 0 Å². The second-order valence-electron chi connectivity index (χ2n) is 4.17. The van der Waals surface area contributed by atoms with E-state index in [2.05, 4.69) is 10.3 Å². The lowest BCUT2D eigenvalue weighted by molar-refractivity contribution is -0.384. The van der Waals surface area contributed by atoms with Gasteiger partial charge in [-0.1, -0.05) is 0 Å². The van der Waals surface area contributed by atoms with Crippen LogP contribution in [0.3, 0.4) is 0 Å². The van der Waals surface area contributed by atoms with E-state index in [4.69, 9.17) is 5.73 Å². The van der Waals surface area contributed by atoms with Gasteiger partial charge in [0.05, 0.1) is 10.5 Å². The Kier molecular flexibility index (Phi) is 3.60. The Labute approximate surface area is 114 Å². The molecule has 0 atom stereocenters. The Bertz CT molecular complexity index is 685. The predicted molar refractivity (Wildman–Crippen MR) is 74.4 cm³/mol. The van der Waals surface area contributed by atoms with E-state index >= 15 is 0 Å². The van der Waals surface area contributed by atoms with Crippen molar-refractivity contribution in [2.45, 2.75) is 6.92 Å². The van der Waals surface area contributed by atoms with Crippen molar-refractivity contribution in [2.75, 3.05) is 11.1 Å². The maximum absolute atomic E-state index is 12.1. The van der Waals surface area contributed by atoms with Gasteiger partial charge in [0.2, 0.25) is 0 Å². The number of nitrogens with zero attached hydrogens (tertiary/aromatic N) is 2. The molecule has 2 aromatic rings. The Morgan fingerprint density at radius 2 is 2.15 bits per heavy atom. The van der Waals surface area contributed by atoms with Crippen LogP contribution < -0.4 is 11.1 Å². The lowest BCUT2D eigenvalue weighted by atomic mass is 10.1. The first kappa shape index (κ1) is 13.5. The molecule has 0 aliphatic heterocycles. The van der Waals surface area contributed by atoms with Crippen molar-refractivity contribution in [2.24, 2.45) is 0 Å². The zero-order valence-electron chi connectivity index (χ0n) is 10.7. The van der Waals surface area contributed by atoms with E-state index in [-0.39, 0.29) is 16.9 Å². The van der Waals surface area contributed by atoms with Gasteiger partial charge in [0.15, 0.2) is 0 Å². The van der Waals surface area contributed by atoms with Crippen LogP contribution in [-0.2, 0) is 0 Å². The minimum Gasteiger partial charge on any atom is -0.398 e. The first-order valence-electron chi connectivity index (χ1n) is 5.75. The number of anilines is 2. The molecule has 0 fully saturated rings. The van der Waals surface area contributed by atoms with Gasteiger partial charge in [-0.15, -0.1) is 0 Å². The summed E-state index contributed by atoms with van der Waals surface area (Å²) in [4.78, 5) is 26.2. The first-order valence-corrected chi connectivity index (χ1v) is 5.75. The average Bonchev–Trinajstić information content (AvgIpc) is 2.41. The fraction of sp³-hybridized carbons (Fsp3) is 0.0769. The Balaban J connectivity index is 2.32. The molecule has 7 heteroatoms. The third-order valence-corrected chi connectivity index (χ3v) is 2.76. The van der Waals surface area contributed by atoms with Crippen molar-refractivity contribution < 1.29 is 9.72 Å². The van der Waals surface area contributed by atoms with Crippen LogP contribution in [0.4, 0.5) is 17.1 Å². The van der Waals surface area contributed by atoms with Crippen molar-refractivity contribution in [1.29, 1.82) is 0 Å². The SMILES string of the molecule is Cc1cnccc1NC(=O)c1cc([N+](=O)[O-])ccc1N. The number of benzene rings is 1. The van der Waals surface area contributed by atoms with Gasteiger partial charge >= 0.3 is 0 Å². The zero-order chi connectivity index (χ0) is 14.7. The zero-order valence-corrected chi connectivity index (χ0v) is 10.7. The number of amides is 1. The number of carbonyl (C=O) groups excluding carboxylic acids is 1. The van der Waals surface area contributed by atoms with Crippen LogP contribution in [0.15, 0.2) is 36.7 Å². The molecule has 1 aromatic carbocycles. The number of rotatable bonds is 3. The molecule has 0 saturated heterocycles. The number of nitrogen functional groups attached to an aromatic ring is 1. The van der Waals surface area contributed by atoms with Gasteiger partial charge in [-0.3, -0.25) is 19.9 Å². The topological polar surface area (TPSA) is 111 Å². The number of aryl methyl sites for hydroxylation is 1. The number of aromatic nitrogens is 1. The smallest absolute Gasteiger partial charge is 0.270 e. The fourth-order valence-corrected chi connectivity index (χ4v) is 1.66. The maximum atomic E-state index is 12.1. The summed E-state index contributed by atoms with van der Waals surface area (Å²) in [6.45, 7) is 1.79. The molecule has 0 saturated carbocycles. The Hall–Kier alpha value is -2.96. The number of hydrogen-bond acceptors (Lipinski definition) is 5. The molecule has 0 spiro atoms. The van der Waals surface area contributed by atoms with E-state index in [1.807, 2.05) is 0 Å². The molecule has 3 N–H and O–H groups in total. The van der Waals surface area contributed by atoms with E-state index < -0.39 is 10.8 Å². The highest BCUT2D eigenvalue weighted by molar-refractivity contribution is 6.08. The number of nitro groups is 1. The molecule has 0 bridgehead atoms. The minimum absolute atomic E-state index is 0.0652. The molecule has 0 aliphatic carbocycles. The largest absolute Gasteiger partial charge is 0.398 e. The predicted octanol–water partition coefficient (Wildman–Crippen LogP) is 2.13. The molecule has 20 heavy (non-hydrogen) atoms. The number of pyridine rings is 1. The summed E-state index contributed by atoms with van der Waals surface area (Å²) in [5.74, 6) is -0.500. The van der Waals surface area contributed by atoms with Gasteiger partial charge in [0, 0.05) is 35.9 Å². The summed E-state index contributed by atoms with van der Waals surface area (Å²) in [6.07, 6.45) is 3.14.